The molecule has 2 rings (SSSR count). The lowest BCUT2D eigenvalue weighted by Gasteiger charge is -2.37. The van der Waals surface area contributed by atoms with Gasteiger partial charge in [-0.2, -0.15) is 0 Å². The summed E-state index contributed by atoms with van der Waals surface area (Å²) in [4.78, 5) is 0. The summed E-state index contributed by atoms with van der Waals surface area (Å²) in [5.74, 6) is -1.82. The Morgan fingerprint density at radius 1 is 1.21 bits per heavy atom. The lowest BCUT2D eigenvalue weighted by Crippen LogP contribution is -2.44. The Morgan fingerprint density at radius 3 is 2.31 bits per heavy atom. The summed E-state index contributed by atoms with van der Waals surface area (Å²) < 4.78 is 57.0. The highest BCUT2D eigenvalue weighted by Crippen LogP contribution is 2.41. The van der Waals surface area contributed by atoms with E-state index in [1.54, 1.807) is 0 Å². The van der Waals surface area contributed by atoms with Crippen LogP contribution in [0.2, 0.25) is 18.1 Å². The van der Waals surface area contributed by atoms with Crippen molar-refractivity contribution in [3.8, 4) is 5.75 Å². The van der Waals surface area contributed by atoms with Crippen LogP contribution >= 0.6 is 0 Å². The molecule has 3 unspecified atom stereocenters. The third kappa shape index (κ3) is 5.65. The second kappa shape index (κ2) is 8.73. The number of nitrogens with one attached hydrogen (secondary N) is 1. The monoisotopic (exact) mass is 447 g/mol. The largest absolute Gasteiger partial charge is 0.540 e. The van der Waals surface area contributed by atoms with Gasteiger partial charge < -0.3 is 9.16 Å². The van der Waals surface area contributed by atoms with E-state index in [9.17, 15) is 8.60 Å². The van der Waals surface area contributed by atoms with Crippen LogP contribution in [0.25, 0.3) is 0 Å². The van der Waals surface area contributed by atoms with Crippen LogP contribution < -0.4 is 9.15 Å². The molecule has 0 spiro atoms. The van der Waals surface area contributed by atoms with Crippen LogP contribution in [-0.4, -0.2) is 30.5 Å². The lowest BCUT2D eigenvalue weighted by atomic mass is 9.92. The number of halogens is 2. The normalized spacial score (nSPS) is 20.6. The summed E-state index contributed by atoms with van der Waals surface area (Å²) in [6.07, 6.45) is 0.717. The molecule has 4 nitrogen and oxygen atoms in total. The number of hydrogen-bond donors (Lipinski definition) is 1. The van der Waals surface area contributed by atoms with Crippen molar-refractivity contribution < 1.29 is 22.2 Å². The third-order valence-corrected chi connectivity index (χ3v) is 11.7. The zero-order chi connectivity index (χ0) is 22.2. The van der Waals surface area contributed by atoms with E-state index in [4.69, 9.17) is 9.16 Å². The molecule has 1 heterocycles. The number of ether oxygens (including phenoxy) is 1. The molecule has 0 amide bonds. The minimum atomic E-state index is -2.44. The number of hydrogen-bond acceptors (Lipinski definition) is 3. The maximum atomic E-state index is 15.6. The van der Waals surface area contributed by atoms with E-state index in [0.29, 0.717) is 19.6 Å². The van der Waals surface area contributed by atoms with Crippen molar-refractivity contribution in [2.45, 2.75) is 76.9 Å². The van der Waals surface area contributed by atoms with Crippen LogP contribution in [0.3, 0.4) is 0 Å². The first-order valence-electron chi connectivity index (χ1n) is 10.1. The summed E-state index contributed by atoms with van der Waals surface area (Å²) in [5, 5.41) is -0.202. The van der Waals surface area contributed by atoms with Gasteiger partial charge in [0.25, 0.3) is 8.32 Å². The molecule has 166 valence electrons. The molecule has 0 bridgehead atoms. The molecule has 0 saturated carbocycles. The number of benzene rings is 1. The standard InChI is InChI=1S/C21H35F2NO3SSi/c1-20(2,3)28(25)24-18(14-11-12-26-13-14)15-9-10-16(22)19(17(15)23)27-29(7,8)21(4,5)6/h9-10,14,18,24H,11-13H2,1-8H3. The maximum absolute atomic E-state index is 15.6. The van der Waals surface area contributed by atoms with Gasteiger partial charge in [-0.1, -0.05) is 26.8 Å². The van der Waals surface area contributed by atoms with Gasteiger partial charge >= 0.3 is 0 Å². The second-order valence-electron chi connectivity index (χ2n) is 10.2. The van der Waals surface area contributed by atoms with Crippen molar-refractivity contribution in [3.05, 3.63) is 29.3 Å². The summed E-state index contributed by atoms with van der Waals surface area (Å²) in [5.41, 5.74) is 0.271. The Balaban J connectivity index is 2.48. The third-order valence-electron chi connectivity index (χ3n) is 5.80. The molecule has 1 aliphatic rings. The van der Waals surface area contributed by atoms with Crippen LogP contribution in [0.5, 0.6) is 5.75 Å². The average Bonchev–Trinajstić information content (AvgIpc) is 3.09. The SMILES string of the molecule is CC(C)(C)S(=O)NC(c1ccc(F)c(O[Si](C)(C)C(C)(C)C)c1F)C1CCOC1. The van der Waals surface area contributed by atoms with E-state index in [1.165, 1.54) is 12.1 Å². The van der Waals surface area contributed by atoms with Crippen LogP contribution in [0.4, 0.5) is 8.78 Å². The molecule has 29 heavy (non-hydrogen) atoms. The Labute approximate surface area is 177 Å². The summed E-state index contributed by atoms with van der Waals surface area (Å²) in [6, 6.07) is 2.12. The fourth-order valence-electron chi connectivity index (χ4n) is 2.81. The summed E-state index contributed by atoms with van der Waals surface area (Å²) in [6.45, 7) is 16.5. The van der Waals surface area contributed by atoms with Crippen LogP contribution in [0.15, 0.2) is 12.1 Å². The lowest BCUT2D eigenvalue weighted by molar-refractivity contribution is 0.179. The second-order valence-corrected chi connectivity index (χ2v) is 17.0. The van der Waals surface area contributed by atoms with Gasteiger partial charge in [0.1, 0.15) is 0 Å². The van der Waals surface area contributed by atoms with Gasteiger partial charge in [0.15, 0.2) is 17.4 Å². The van der Waals surface area contributed by atoms with E-state index in [1.807, 2.05) is 54.6 Å². The van der Waals surface area contributed by atoms with Gasteiger partial charge in [0.05, 0.1) is 28.4 Å². The molecule has 1 aromatic carbocycles. The van der Waals surface area contributed by atoms with E-state index in [-0.39, 0.29) is 22.3 Å². The van der Waals surface area contributed by atoms with Crippen molar-refractivity contribution in [3.63, 3.8) is 0 Å². The predicted octanol–water partition coefficient (Wildman–Crippen LogP) is 5.48. The summed E-state index contributed by atoms with van der Waals surface area (Å²) >= 11 is 0. The molecule has 3 atom stereocenters. The molecule has 0 radical (unpaired) electrons. The molecule has 0 aromatic heterocycles. The smallest absolute Gasteiger partial charge is 0.250 e. The highest BCUT2D eigenvalue weighted by molar-refractivity contribution is 7.84. The van der Waals surface area contributed by atoms with Crippen molar-refractivity contribution >= 4 is 19.3 Å². The van der Waals surface area contributed by atoms with E-state index in [2.05, 4.69) is 4.72 Å². The predicted molar refractivity (Wildman–Crippen MR) is 117 cm³/mol. The van der Waals surface area contributed by atoms with Gasteiger partial charge in [-0.15, -0.1) is 0 Å². The Morgan fingerprint density at radius 2 is 1.83 bits per heavy atom. The number of rotatable bonds is 6. The van der Waals surface area contributed by atoms with Crippen LogP contribution in [0.1, 0.15) is 59.6 Å². The minimum Gasteiger partial charge on any atom is -0.540 e. The maximum Gasteiger partial charge on any atom is 0.250 e. The average molecular weight is 448 g/mol. The van der Waals surface area contributed by atoms with Gasteiger partial charge in [0, 0.05) is 18.1 Å². The molecule has 1 saturated heterocycles. The Kier molecular flexibility index (Phi) is 7.35. The molecule has 1 aromatic rings. The van der Waals surface area contributed by atoms with Crippen LogP contribution in [0, 0.1) is 17.6 Å². The molecule has 0 aliphatic carbocycles. The zero-order valence-corrected chi connectivity index (χ0v) is 20.6. The van der Waals surface area contributed by atoms with Gasteiger partial charge in [-0.05, 0) is 51.4 Å². The van der Waals surface area contributed by atoms with Crippen molar-refractivity contribution in [2.24, 2.45) is 5.92 Å². The van der Waals surface area contributed by atoms with Crippen molar-refractivity contribution in [2.75, 3.05) is 13.2 Å². The molecular formula is C21H35F2NO3SSi. The molecular weight excluding hydrogens is 412 g/mol. The van der Waals surface area contributed by atoms with E-state index >= 15 is 4.39 Å². The quantitative estimate of drug-likeness (QED) is 0.588. The Hall–Kier alpha value is -0.833. The first-order valence-corrected chi connectivity index (χ1v) is 14.1. The van der Waals surface area contributed by atoms with Crippen LogP contribution in [-0.2, 0) is 15.7 Å². The summed E-state index contributed by atoms with van der Waals surface area (Å²) in [7, 11) is -3.86. The first-order chi connectivity index (χ1) is 13.1. The molecule has 1 fully saturated rings. The van der Waals surface area contributed by atoms with Gasteiger partial charge in [-0.25, -0.2) is 17.7 Å². The highest BCUT2D eigenvalue weighted by Gasteiger charge is 2.41. The van der Waals surface area contributed by atoms with E-state index < -0.39 is 41.7 Å². The minimum absolute atomic E-state index is 0.0537. The molecule has 8 heteroatoms. The molecule has 1 N–H and O–H groups in total. The fourth-order valence-corrected chi connectivity index (χ4v) is 4.72. The first kappa shape index (κ1) is 24.4. The van der Waals surface area contributed by atoms with Crippen molar-refractivity contribution in [1.82, 2.24) is 4.72 Å². The fraction of sp³-hybridized carbons (Fsp3) is 0.714. The zero-order valence-electron chi connectivity index (χ0n) is 18.8. The molecule has 1 aliphatic heterocycles. The van der Waals surface area contributed by atoms with Gasteiger partial charge in [-0.3, -0.25) is 0 Å². The van der Waals surface area contributed by atoms with Crippen molar-refractivity contribution in [1.29, 1.82) is 0 Å². The highest BCUT2D eigenvalue weighted by atomic mass is 32.2. The topological polar surface area (TPSA) is 47.6 Å². The van der Waals surface area contributed by atoms with E-state index in [0.717, 1.165) is 0 Å². The van der Waals surface area contributed by atoms with Gasteiger partial charge in [0.2, 0.25) is 0 Å². The Bertz CT molecular complexity index is 754.